The van der Waals surface area contributed by atoms with Gasteiger partial charge in [0.15, 0.2) is 0 Å². The van der Waals surface area contributed by atoms with E-state index in [0.29, 0.717) is 12.8 Å². The average Bonchev–Trinajstić information content (AvgIpc) is 2.82. The smallest absolute Gasteiger partial charge is 0.371 e. The number of aromatic carboxylic acids is 1. The maximum absolute atomic E-state index is 12.0. The minimum absolute atomic E-state index is 0.167. The molecular formula is C11H11NO5S. The van der Waals surface area contributed by atoms with E-state index in [-0.39, 0.29) is 17.3 Å². The van der Waals surface area contributed by atoms with Crippen molar-refractivity contribution in [2.75, 3.05) is 5.75 Å². The van der Waals surface area contributed by atoms with Crippen LogP contribution in [0.1, 0.15) is 29.8 Å². The number of rotatable bonds is 5. The van der Waals surface area contributed by atoms with E-state index in [1.807, 2.05) is 6.07 Å². The molecule has 7 heteroatoms. The molecule has 1 fully saturated rings. The van der Waals surface area contributed by atoms with Gasteiger partial charge in [0.2, 0.25) is 20.7 Å². The van der Waals surface area contributed by atoms with Crippen molar-refractivity contribution in [3.63, 3.8) is 0 Å². The average molecular weight is 269 g/mol. The topological polar surface area (TPSA) is 108 Å². The first kappa shape index (κ1) is 12.6. The molecule has 0 unspecified atom stereocenters. The highest BCUT2D eigenvalue weighted by molar-refractivity contribution is 7.91. The molecule has 0 aromatic carbocycles. The summed E-state index contributed by atoms with van der Waals surface area (Å²) in [6.45, 7) is 0. The first-order valence-corrected chi connectivity index (χ1v) is 6.97. The summed E-state index contributed by atoms with van der Waals surface area (Å²) in [4.78, 5) is 10.6. The predicted octanol–water partition coefficient (Wildman–Crippen LogP) is 1.45. The van der Waals surface area contributed by atoms with E-state index in [4.69, 9.17) is 14.8 Å². The summed E-state index contributed by atoms with van der Waals surface area (Å²) in [6.07, 6.45) is 1.59. The zero-order valence-electron chi connectivity index (χ0n) is 9.42. The molecule has 0 atom stereocenters. The molecule has 1 heterocycles. The fraction of sp³-hybridized carbons (Fsp3) is 0.455. The second-order valence-corrected chi connectivity index (χ2v) is 6.44. The van der Waals surface area contributed by atoms with Crippen molar-refractivity contribution in [3.05, 3.63) is 17.9 Å². The zero-order chi connectivity index (χ0) is 13.4. The van der Waals surface area contributed by atoms with Gasteiger partial charge < -0.3 is 9.52 Å². The van der Waals surface area contributed by atoms with Gasteiger partial charge in [-0.15, -0.1) is 0 Å². The first-order valence-electron chi connectivity index (χ1n) is 5.31. The van der Waals surface area contributed by atoms with Gasteiger partial charge in [0.25, 0.3) is 0 Å². The van der Waals surface area contributed by atoms with Crippen LogP contribution in [-0.4, -0.2) is 25.2 Å². The molecule has 1 aromatic heterocycles. The van der Waals surface area contributed by atoms with Crippen molar-refractivity contribution >= 4 is 15.8 Å². The normalized spacial score (nSPS) is 17.1. The third-order valence-electron chi connectivity index (χ3n) is 3.01. The summed E-state index contributed by atoms with van der Waals surface area (Å²) in [5.74, 6) is -1.88. The zero-order valence-corrected chi connectivity index (χ0v) is 10.2. The predicted molar refractivity (Wildman–Crippen MR) is 59.6 cm³/mol. The molecule has 1 aliphatic rings. The van der Waals surface area contributed by atoms with Crippen LogP contribution in [0.4, 0.5) is 0 Å². The highest BCUT2D eigenvalue weighted by Gasteiger charge is 2.47. The Hall–Kier alpha value is -1.81. The summed E-state index contributed by atoms with van der Waals surface area (Å²) >= 11 is 0. The molecule has 0 spiro atoms. The van der Waals surface area contributed by atoms with Crippen LogP contribution in [0.2, 0.25) is 0 Å². The monoisotopic (exact) mass is 269 g/mol. The van der Waals surface area contributed by atoms with Gasteiger partial charge in [-0.3, -0.25) is 0 Å². The Morgan fingerprint density at radius 2 is 2.17 bits per heavy atom. The lowest BCUT2D eigenvalue weighted by atomic mass is 10.1. The standard InChI is InChI=1S/C11H11NO5S/c12-6-5-11(3-4-11)7-18(15,16)9-2-1-8(17-9)10(13)14/h1-2H,3-5,7H2,(H,13,14). The quantitative estimate of drug-likeness (QED) is 0.866. The van der Waals surface area contributed by atoms with E-state index in [1.165, 1.54) is 0 Å². The van der Waals surface area contributed by atoms with E-state index in [2.05, 4.69) is 0 Å². The van der Waals surface area contributed by atoms with Crippen LogP contribution in [0.5, 0.6) is 0 Å². The molecule has 6 nitrogen and oxygen atoms in total. The van der Waals surface area contributed by atoms with Crippen LogP contribution in [0.25, 0.3) is 0 Å². The van der Waals surface area contributed by atoms with Gasteiger partial charge in [-0.1, -0.05) is 0 Å². The number of nitriles is 1. The molecule has 0 amide bonds. The Balaban J connectivity index is 2.21. The third-order valence-corrected chi connectivity index (χ3v) is 4.83. The largest absolute Gasteiger partial charge is 0.475 e. The molecular weight excluding hydrogens is 258 g/mol. The number of nitrogens with zero attached hydrogens (tertiary/aromatic N) is 1. The van der Waals surface area contributed by atoms with Crippen molar-refractivity contribution in [1.82, 2.24) is 0 Å². The highest BCUT2D eigenvalue weighted by Crippen LogP contribution is 2.50. The van der Waals surface area contributed by atoms with E-state index in [0.717, 1.165) is 12.1 Å². The van der Waals surface area contributed by atoms with Crippen LogP contribution in [-0.2, 0) is 9.84 Å². The molecule has 1 N–H and O–H groups in total. The molecule has 96 valence electrons. The number of hydrogen-bond donors (Lipinski definition) is 1. The van der Waals surface area contributed by atoms with Gasteiger partial charge in [-0.25, -0.2) is 13.2 Å². The fourth-order valence-corrected chi connectivity index (χ4v) is 3.62. The summed E-state index contributed by atoms with van der Waals surface area (Å²) < 4.78 is 28.8. The van der Waals surface area contributed by atoms with Crippen LogP contribution < -0.4 is 0 Å². The Kier molecular flexibility index (Phi) is 2.91. The van der Waals surface area contributed by atoms with Crippen LogP contribution in [0.15, 0.2) is 21.6 Å². The fourth-order valence-electron chi connectivity index (χ4n) is 1.79. The molecule has 1 saturated carbocycles. The van der Waals surface area contributed by atoms with Gasteiger partial charge in [0.1, 0.15) is 0 Å². The van der Waals surface area contributed by atoms with Crippen molar-refractivity contribution in [2.45, 2.75) is 24.4 Å². The second kappa shape index (κ2) is 4.14. The van der Waals surface area contributed by atoms with Crippen LogP contribution in [0.3, 0.4) is 0 Å². The van der Waals surface area contributed by atoms with Gasteiger partial charge in [0, 0.05) is 6.42 Å². The van der Waals surface area contributed by atoms with Crippen molar-refractivity contribution in [3.8, 4) is 6.07 Å². The lowest BCUT2D eigenvalue weighted by molar-refractivity contribution is 0.0656. The number of carbonyl (C=O) groups is 1. The van der Waals surface area contributed by atoms with Gasteiger partial charge in [0.05, 0.1) is 11.8 Å². The van der Waals surface area contributed by atoms with Crippen LogP contribution in [0, 0.1) is 16.7 Å². The summed E-state index contributed by atoms with van der Waals surface area (Å²) in [6, 6.07) is 4.23. The lowest BCUT2D eigenvalue weighted by Crippen LogP contribution is -2.16. The van der Waals surface area contributed by atoms with Gasteiger partial charge >= 0.3 is 5.97 Å². The first-order chi connectivity index (χ1) is 8.38. The maximum atomic E-state index is 12.0. The number of carboxylic acid groups (broad SMARTS) is 1. The Morgan fingerprint density at radius 3 is 2.61 bits per heavy atom. The molecule has 0 bridgehead atoms. The summed E-state index contributed by atoms with van der Waals surface area (Å²) in [5, 5.41) is 17.0. The Bertz CT molecular complexity index is 618. The number of sulfone groups is 1. The minimum atomic E-state index is -3.67. The second-order valence-electron chi connectivity index (χ2n) is 4.52. The third kappa shape index (κ3) is 2.38. The SMILES string of the molecule is N#CCC1(CS(=O)(=O)c2ccc(C(=O)O)o2)CC1. The maximum Gasteiger partial charge on any atom is 0.371 e. The molecule has 1 aliphatic carbocycles. The van der Waals surface area contributed by atoms with Gasteiger partial charge in [-0.05, 0) is 30.4 Å². The van der Waals surface area contributed by atoms with Crippen molar-refractivity contribution in [2.24, 2.45) is 5.41 Å². The molecule has 0 aliphatic heterocycles. The highest BCUT2D eigenvalue weighted by atomic mass is 32.2. The molecule has 0 radical (unpaired) electrons. The molecule has 1 aromatic rings. The van der Waals surface area contributed by atoms with Crippen molar-refractivity contribution < 1.29 is 22.7 Å². The number of furan rings is 1. The van der Waals surface area contributed by atoms with Gasteiger partial charge in [-0.2, -0.15) is 5.26 Å². The van der Waals surface area contributed by atoms with E-state index >= 15 is 0 Å². The van der Waals surface area contributed by atoms with E-state index in [9.17, 15) is 13.2 Å². The Labute approximate surface area is 104 Å². The van der Waals surface area contributed by atoms with E-state index in [1.54, 1.807) is 0 Å². The molecule has 2 rings (SSSR count). The number of carboxylic acids is 1. The van der Waals surface area contributed by atoms with Crippen molar-refractivity contribution in [1.29, 1.82) is 5.26 Å². The minimum Gasteiger partial charge on any atom is -0.475 e. The molecule has 0 saturated heterocycles. The summed E-state index contributed by atoms with van der Waals surface area (Å²) in [5.41, 5.74) is -0.468. The summed E-state index contributed by atoms with van der Waals surface area (Å²) in [7, 11) is -3.67. The lowest BCUT2D eigenvalue weighted by Gasteiger charge is -2.09. The van der Waals surface area contributed by atoms with E-state index < -0.39 is 27.0 Å². The van der Waals surface area contributed by atoms with Crippen LogP contribution >= 0.6 is 0 Å². The Morgan fingerprint density at radius 1 is 1.50 bits per heavy atom. The number of hydrogen-bond acceptors (Lipinski definition) is 5. The molecule has 18 heavy (non-hydrogen) atoms.